The van der Waals surface area contributed by atoms with Crippen LogP contribution in [0, 0.1) is 0 Å². The van der Waals surface area contributed by atoms with E-state index >= 15 is 0 Å². The van der Waals surface area contributed by atoms with Gasteiger partial charge in [-0.25, -0.2) is 4.79 Å². The molecule has 1 aliphatic rings. The van der Waals surface area contributed by atoms with Crippen molar-refractivity contribution >= 4 is 5.97 Å². The van der Waals surface area contributed by atoms with Crippen LogP contribution in [0.1, 0.15) is 26.2 Å². The van der Waals surface area contributed by atoms with Gasteiger partial charge in [-0.15, -0.1) is 0 Å². The van der Waals surface area contributed by atoms with Crippen molar-refractivity contribution in [2.24, 2.45) is 0 Å². The van der Waals surface area contributed by atoms with Crippen LogP contribution in [0.4, 0.5) is 0 Å². The van der Waals surface area contributed by atoms with E-state index in [1.807, 2.05) is 14.0 Å². The lowest BCUT2D eigenvalue weighted by Gasteiger charge is -2.35. The third-order valence-electron chi connectivity index (χ3n) is 2.80. The van der Waals surface area contributed by atoms with Crippen molar-refractivity contribution in [3.63, 3.8) is 0 Å². The van der Waals surface area contributed by atoms with Crippen LogP contribution >= 0.6 is 0 Å². The highest BCUT2D eigenvalue weighted by Gasteiger charge is 2.26. The first-order valence-corrected chi connectivity index (χ1v) is 5.19. The van der Waals surface area contributed by atoms with E-state index in [-0.39, 0.29) is 0 Å². The highest BCUT2D eigenvalue weighted by atomic mass is 16.5. The zero-order chi connectivity index (χ0) is 10.6. The van der Waals surface area contributed by atoms with E-state index in [0.717, 1.165) is 0 Å². The second-order valence-corrected chi connectivity index (χ2v) is 3.81. The quantitative estimate of drug-likeness (QED) is 0.695. The van der Waals surface area contributed by atoms with Gasteiger partial charge in [0.1, 0.15) is 0 Å². The summed E-state index contributed by atoms with van der Waals surface area (Å²) >= 11 is 0. The van der Waals surface area contributed by atoms with Gasteiger partial charge in [0.2, 0.25) is 0 Å². The van der Waals surface area contributed by atoms with Gasteiger partial charge in [-0.05, 0) is 26.8 Å². The molecule has 1 N–H and O–H groups in total. The Morgan fingerprint density at radius 1 is 1.64 bits per heavy atom. The fourth-order valence-electron chi connectivity index (χ4n) is 1.64. The van der Waals surface area contributed by atoms with Crippen molar-refractivity contribution in [1.29, 1.82) is 0 Å². The van der Waals surface area contributed by atoms with Gasteiger partial charge in [-0.1, -0.05) is 6.42 Å². The molecule has 1 aliphatic carbocycles. The van der Waals surface area contributed by atoms with Crippen LogP contribution < -0.4 is 0 Å². The predicted octanol–water partition coefficient (Wildman–Crippen LogP) is 0.960. The molecule has 0 aromatic carbocycles. The Bertz CT molecular complexity index is 192. The van der Waals surface area contributed by atoms with Gasteiger partial charge in [0.05, 0.1) is 0 Å². The molecule has 4 nitrogen and oxygen atoms in total. The van der Waals surface area contributed by atoms with Gasteiger partial charge in [0.25, 0.3) is 0 Å². The van der Waals surface area contributed by atoms with E-state index in [4.69, 9.17) is 9.84 Å². The molecule has 0 saturated heterocycles. The number of nitrogens with zero attached hydrogens (tertiary/aromatic N) is 1. The summed E-state index contributed by atoms with van der Waals surface area (Å²) in [5.74, 6) is -0.863. The summed E-state index contributed by atoms with van der Waals surface area (Å²) in [6.07, 6.45) is 2.97. The van der Waals surface area contributed by atoms with Crippen molar-refractivity contribution in [3.8, 4) is 0 Å². The topological polar surface area (TPSA) is 49.8 Å². The maximum absolute atomic E-state index is 10.8. The van der Waals surface area contributed by atoms with Crippen molar-refractivity contribution in [1.82, 2.24) is 4.90 Å². The minimum Gasteiger partial charge on any atom is -0.479 e. The number of carboxylic acids is 1. The first-order chi connectivity index (χ1) is 6.65. The number of rotatable bonds is 6. The second kappa shape index (κ2) is 5.32. The van der Waals surface area contributed by atoms with Crippen molar-refractivity contribution in [3.05, 3.63) is 0 Å². The summed E-state index contributed by atoms with van der Waals surface area (Å²) in [4.78, 5) is 12.9. The second-order valence-electron chi connectivity index (χ2n) is 3.81. The molecular formula is C10H19NO3. The van der Waals surface area contributed by atoms with Crippen molar-refractivity contribution in [2.45, 2.75) is 38.3 Å². The molecule has 1 atom stereocenters. The van der Waals surface area contributed by atoms with Crippen molar-refractivity contribution in [2.75, 3.05) is 20.2 Å². The number of aliphatic carboxylic acids is 1. The largest absolute Gasteiger partial charge is 0.479 e. The smallest absolute Gasteiger partial charge is 0.334 e. The van der Waals surface area contributed by atoms with Gasteiger partial charge >= 0.3 is 5.97 Å². The number of carbonyl (C=O) groups is 1. The molecule has 0 radical (unpaired) electrons. The van der Waals surface area contributed by atoms with Gasteiger partial charge in [-0.2, -0.15) is 0 Å². The molecule has 1 saturated carbocycles. The van der Waals surface area contributed by atoms with E-state index in [0.29, 0.717) is 19.2 Å². The summed E-state index contributed by atoms with van der Waals surface area (Å²) in [6, 6.07) is 0.567. The highest BCUT2D eigenvalue weighted by Crippen LogP contribution is 2.23. The molecule has 1 unspecified atom stereocenters. The third-order valence-corrected chi connectivity index (χ3v) is 2.80. The number of hydrogen-bond donors (Lipinski definition) is 1. The van der Waals surface area contributed by atoms with E-state index in [1.54, 1.807) is 0 Å². The van der Waals surface area contributed by atoms with Crippen LogP contribution in [0.15, 0.2) is 0 Å². The molecule has 0 aliphatic heterocycles. The minimum absolute atomic E-state index is 0.454. The molecule has 0 amide bonds. The molecule has 0 aromatic heterocycles. The Morgan fingerprint density at radius 3 is 2.64 bits per heavy atom. The SMILES string of the molecule is CCOC(CN(C)C1CCC1)C(=O)O. The average Bonchev–Trinajstić information content (AvgIpc) is 1.99. The van der Waals surface area contributed by atoms with Gasteiger partial charge in [-0.3, -0.25) is 0 Å². The normalized spacial score (nSPS) is 19.4. The fraction of sp³-hybridized carbons (Fsp3) is 0.900. The van der Waals surface area contributed by atoms with Crippen LogP contribution in [0.2, 0.25) is 0 Å². The number of likely N-dealkylation sites (N-methyl/N-ethyl adjacent to an activating group) is 1. The lowest BCUT2D eigenvalue weighted by atomic mass is 9.92. The lowest BCUT2D eigenvalue weighted by Crippen LogP contribution is -2.44. The van der Waals surface area contributed by atoms with E-state index in [2.05, 4.69) is 4.90 Å². The average molecular weight is 201 g/mol. The van der Waals surface area contributed by atoms with Crippen molar-refractivity contribution < 1.29 is 14.6 Å². The first-order valence-electron chi connectivity index (χ1n) is 5.19. The summed E-state index contributed by atoms with van der Waals surface area (Å²) in [6.45, 7) is 2.77. The van der Waals surface area contributed by atoms with E-state index in [9.17, 15) is 4.79 Å². The highest BCUT2D eigenvalue weighted by molar-refractivity contribution is 5.72. The number of carboxylic acid groups (broad SMARTS) is 1. The molecule has 0 bridgehead atoms. The maximum atomic E-state index is 10.8. The number of hydrogen-bond acceptors (Lipinski definition) is 3. The summed E-state index contributed by atoms with van der Waals surface area (Å²) in [5, 5.41) is 8.87. The Kier molecular flexibility index (Phi) is 4.35. The van der Waals surface area contributed by atoms with Crippen LogP contribution in [0.3, 0.4) is 0 Å². The Balaban J connectivity index is 2.33. The van der Waals surface area contributed by atoms with Crippen LogP contribution in [-0.4, -0.2) is 48.3 Å². The van der Waals surface area contributed by atoms with Crippen LogP contribution in [0.25, 0.3) is 0 Å². The van der Waals surface area contributed by atoms with Gasteiger partial charge in [0.15, 0.2) is 6.10 Å². The van der Waals surface area contributed by atoms with Gasteiger partial charge < -0.3 is 14.7 Å². The number of ether oxygens (including phenoxy) is 1. The predicted molar refractivity (Wildman–Crippen MR) is 53.3 cm³/mol. The molecule has 1 rings (SSSR count). The fourth-order valence-corrected chi connectivity index (χ4v) is 1.64. The Labute approximate surface area is 84.8 Å². The Morgan fingerprint density at radius 2 is 2.29 bits per heavy atom. The molecule has 1 fully saturated rings. The minimum atomic E-state index is -0.863. The molecule has 0 spiro atoms. The molecule has 4 heteroatoms. The third kappa shape index (κ3) is 2.96. The molecule has 14 heavy (non-hydrogen) atoms. The zero-order valence-electron chi connectivity index (χ0n) is 8.90. The molecule has 82 valence electrons. The van der Waals surface area contributed by atoms with Crippen LogP contribution in [-0.2, 0) is 9.53 Å². The Hall–Kier alpha value is -0.610. The monoisotopic (exact) mass is 201 g/mol. The molecule has 0 aromatic rings. The van der Waals surface area contributed by atoms with E-state index < -0.39 is 12.1 Å². The summed E-state index contributed by atoms with van der Waals surface area (Å²) < 4.78 is 5.15. The van der Waals surface area contributed by atoms with E-state index in [1.165, 1.54) is 19.3 Å². The lowest BCUT2D eigenvalue weighted by molar-refractivity contribution is -0.151. The zero-order valence-corrected chi connectivity index (χ0v) is 8.90. The van der Waals surface area contributed by atoms with Crippen LogP contribution in [0.5, 0.6) is 0 Å². The molecule has 0 heterocycles. The summed E-state index contributed by atoms with van der Waals surface area (Å²) in [5.41, 5.74) is 0. The van der Waals surface area contributed by atoms with Gasteiger partial charge in [0, 0.05) is 19.2 Å². The maximum Gasteiger partial charge on any atom is 0.334 e. The summed E-state index contributed by atoms with van der Waals surface area (Å²) in [7, 11) is 1.97. The first kappa shape index (κ1) is 11.5. The standard InChI is InChI=1S/C10H19NO3/c1-3-14-9(10(12)13)7-11(2)8-5-4-6-8/h8-9H,3-7H2,1-2H3,(H,12,13). The molecular weight excluding hydrogens is 182 g/mol.